The molecule has 2 fully saturated rings. The summed E-state index contributed by atoms with van der Waals surface area (Å²) in [5, 5.41) is 18.8. The van der Waals surface area contributed by atoms with E-state index in [1.165, 1.54) is 18.6 Å². The molecule has 1 amide bonds. The number of nitrogens with zero attached hydrogens (tertiary/aromatic N) is 1. The number of fused-ring (bicyclic) bond motifs is 2. The Morgan fingerprint density at radius 1 is 1.28 bits per heavy atom. The molecule has 1 aromatic rings. The van der Waals surface area contributed by atoms with Crippen LogP contribution in [-0.4, -0.2) is 54.9 Å². The highest BCUT2D eigenvalue weighted by molar-refractivity contribution is 5.94. The molecular weight excluding hydrogens is 320 g/mol. The molecule has 2 bridgehead atoms. The number of phenolic OH excluding ortho intramolecular Hbond substituents is 1. The van der Waals surface area contributed by atoms with E-state index in [4.69, 9.17) is 4.74 Å². The first-order valence-corrected chi connectivity index (χ1v) is 8.93. The lowest BCUT2D eigenvalue weighted by Crippen LogP contribution is -2.47. The molecule has 7 heteroatoms. The van der Waals surface area contributed by atoms with Crippen molar-refractivity contribution in [2.75, 3.05) is 19.6 Å². The van der Waals surface area contributed by atoms with Crippen LogP contribution in [0.1, 0.15) is 36.5 Å². The lowest BCUT2D eigenvalue weighted by molar-refractivity contribution is 0.0954. The summed E-state index contributed by atoms with van der Waals surface area (Å²) in [5.74, 6) is 0.740. The highest BCUT2D eigenvalue weighted by Crippen LogP contribution is 2.34. The normalized spacial score (nSPS) is 25.0. The fraction of sp³-hybridized carbons (Fsp3) is 0.556. The van der Waals surface area contributed by atoms with Gasteiger partial charge in [-0.3, -0.25) is 9.79 Å². The minimum Gasteiger partial charge on any atom is -0.508 e. The van der Waals surface area contributed by atoms with Crippen LogP contribution < -0.4 is 16.0 Å². The molecule has 2 aliphatic rings. The number of carbonyl (C=O) groups excluding carboxylic acids is 1. The number of carbonyl (C=O) groups is 1. The van der Waals surface area contributed by atoms with Crippen LogP contribution >= 0.6 is 0 Å². The lowest BCUT2D eigenvalue weighted by Gasteiger charge is -2.22. The van der Waals surface area contributed by atoms with E-state index in [1.807, 2.05) is 6.92 Å². The molecule has 3 unspecified atom stereocenters. The van der Waals surface area contributed by atoms with Crippen LogP contribution in [0.5, 0.6) is 5.75 Å². The van der Waals surface area contributed by atoms with Crippen LogP contribution in [-0.2, 0) is 4.74 Å². The molecule has 0 spiro atoms. The highest BCUT2D eigenvalue weighted by atomic mass is 16.5. The predicted octanol–water partition coefficient (Wildman–Crippen LogP) is 0.997. The van der Waals surface area contributed by atoms with Gasteiger partial charge in [-0.05, 0) is 50.5 Å². The molecule has 0 aromatic heterocycles. The van der Waals surface area contributed by atoms with E-state index in [1.54, 1.807) is 12.1 Å². The Kier molecular flexibility index (Phi) is 5.75. The number of ether oxygens (including phenoxy) is 1. The zero-order chi connectivity index (χ0) is 17.6. The number of nitrogens with one attached hydrogen (secondary N) is 3. The van der Waals surface area contributed by atoms with Crippen molar-refractivity contribution in [3.05, 3.63) is 29.8 Å². The van der Waals surface area contributed by atoms with Gasteiger partial charge < -0.3 is 25.8 Å². The van der Waals surface area contributed by atoms with Gasteiger partial charge in [-0.2, -0.15) is 0 Å². The van der Waals surface area contributed by atoms with Gasteiger partial charge in [0.2, 0.25) is 0 Å². The zero-order valence-corrected chi connectivity index (χ0v) is 14.5. The van der Waals surface area contributed by atoms with Crippen LogP contribution in [0.2, 0.25) is 0 Å². The van der Waals surface area contributed by atoms with Gasteiger partial charge in [0.25, 0.3) is 5.91 Å². The average molecular weight is 346 g/mol. The van der Waals surface area contributed by atoms with Crippen molar-refractivity contribution in [2.45, 2.75) is 44.4 Å². The maximum atomic E-state index is 12.0. The van der Waals surface area contributed by atoms with Crippen LogP contribution in [0.25, 0.3) is 0 Å². The molecular formula is C18H26N4O3. The van der Waals surface area contributed by atoms with Crippen molar-refractivity contribution in [1.82, 2.24) is 16.0 Å². The third-order valence-electron chi connectivity index (χ3n) is 4.57. The molecule has 3 atom stereocenters. The van der Waals surface area contributed by atoms with Gasteiger partial charge in [0.15, 0.2) is 5.96 Å². The average Bonchev–Trinajstić information content (AvgIpc) is 3.22. The van der Waals surface area contributed by atoms with Gasteiger partial charge in [0.05, 0.1) is 24.8 Å². The summed E-state index contributed by atoms with van der Waals surface area (Å²) in [6.45, 7) is 3.75. The molecule has 136 valence electrons. The number of benzene rings is 1. The quantitative estimate of drug-likeness (QED) is 0.350. The van der Waals surface area contributed by atoms with Gasteiger partial charge in [-0.15, -0.1) is 0 Å². The number of aliphatic imine (C=N–C) groups is 1. The standard InChI is InChI=1S/C18H26N4O3/c1-2-19-18(22-15-11-14-7-8-16(15)25-14)21-10-9-20-17(24)12-3-5-13(23)6-4-12/h3-6,14-16,23H,2,7-11H2,1H3,(H,20,24)(H2,19,21,22). The molecule has 0 saturated carbocycles. The first-order chi connectivity index (χ1) is 12.2. The number of aromatic hydroxyl groups is 1. The largest absolute Gasteiger partial charge is 0.508 e. The monoisotopic (exact) mass is 346 g/mol. The van der Waals surface area contributed by atoms with Gasteiger partial charge in [-0.25, -0.2) is 0 Å². The second kappa shape index (κ2) is 8.20. The van der Waals surface area contributed by atoms with Crippen molar-refractivity contribution >= 4 is 11.9 Å². The van der Waals surface area contributed by atoms with E-state index < -0.39 is 0 Å². The fourth-order valence-corrected chi connectivity index (χ4v) is 3.34. The summed E-state index contributed by atoms with van der Waals surface area (Å²) in [6.07, 6.45) is 4.01. The number of phenols is 1. The molecule has 7 nitrogen and oxygen atoms in total. The minimum absolute atomic E-state index is 0.145. The topological polar surface area (TPSA) is 95.0 Å². The maximum Gasteiger partial charge on any atom is 0.251 e. The first kappa shape index (κ1) is 17.5. The van der Waals surface area contributed by atoms with Crippen molar-refractivity contribution in [1.29, 1.82) is 0 Å². The van der Waals surface area contributed by atoms with Gasteiger partial charge >= 0.3 is 0 Å². The third-order valence-corrected chi connectivity index (χ3v) is 4.57. The van der Waals surface area contributed by atoms with E-state index >= 15 is 0 Å². The number of rotatable bonds is 6. The summed E-state index contributed by atoms with van der Waals surface area (Å²) in [5.41, 5.74) is 0.519. The van der Waals surface area contributed by atoms with Gasteiger partial charge in [0.1, 0.15) is 5.75 Å². The molecule has 0 radical (unpaired) electrons. The molecule has 0 aliphatic carbocycles. The molecule has 3 rings (SSSR count). The van der Waals surface area contributed by atoms with E-state index in [9.17, 15) is 9.90 Å². The molecule has 4 N–H and O–H groups in total. The minimum atomic E-state index is -0.172. The number of guanidine groups is 1. The summed E-state index contributed by atoms with van der Waals surface area (Å²) < 4.78 is 5.86. The molecule has 1 aromatic carbocycles. The molecule has 2 saturated heterocycles. The Balaban J connectivity index is 1.45. The molecule has 2 aliphatic heterocycles. The van der Waals surface area contributed by atoms with Crippen LogP contribution in [0.4, 0.5) is 0 Å². The van der Waals surface area contributed by atoms with E-state index in [0.29, 0.717) is 36.9 Å². The Labute approximate surface area is 147 Å². The maximum absolute atomic E-state index is 12.0. The smallest absolute Gasteiger partial charge is 0.251 e. The Morgan fingerprint density at radius 2 is 2.08 bits per heavy atom. The summed E-state index contributed by atoms with van der Waals surface area (Å²) >= 11 is 0. The Hall–Kier alpha value is -2.28. The predicted molar refractivity (Wildman–Crippen MR) is 95.9 cm³/mol. The van der Waals surface area contributed by atoms with E-state index in [0.717, 1.165) is 25.3 Å². The third kappa shape index (κ3) is 4.63. The van der Waals surface area contributed by atoms with Crippen LogP contribution in [0.15, 0.2) is 29.3 Å². The zero-order valence-electron chi connectivity index (χ0n) is 14.5. The Bertz CT molecular complexity index is 617. The van der Waals surface area contributed by atoms with Crippen molar-refractivity contribution in [3.63, 3.8) is 0 Å². The molecule has 25 heavy (non-hydrogen) atoms. The second-order valence-corrected chi connectivity index (χ2v) is 6.42. The summed E-state index contributed by atoms with van der Waals surface area (Å²) in [4.78, 5) is 16.5. The highest BCUT2D eigenvalue weighted by Gasteiger charge is 2.41. The van der Waals surface area contributed by atoms with Crippen molar-refractivity contribution in [3.8, 4) is 5.75 Å². The summed E-state index contributed by atoms with van der Waals surface area (Å²) in [7, 11) is 0. The second-order valence-electron chi connectivity index (χ2n) is 6.42. The lowest BCUT2D eigenvalue weighted by atomic mass is 9.96. The van der Waals surface area contributed by atoms with Crippen molar-refractivity contribution < 1.29 is 14.6 Å². The first-order valence-electron chi connectivity index (χ1n) is 8.93. The Morgan fingerprint density at radius 3 is 2.72 bits per heavy atom. The molecule has 2 heterocycles. The number of hydrogen-bond acceptors (Lipinski definition) is 4. The van der Waals surface area contributed by atoms with Crippen LogP contribution in [0.3, 0.4) is 0 Å². The number of hydrogen-bond donors (Lipinski definition) is 4. The number of amides is 1. The fourth-order valence-electron chi connectivity index (χ4n) is 3.34. The van der Waals surface area contributed by atoms with E-state index in [2.05, 4.69) is 20.9 Å². The SMILES string of the molecule is CCNC(=NCCNC(=O)c1ccc(O)cc1)NC1CC2CCC1O2. The van der Waals surface area contributed by atoms with E-state index in [-0.39, 0.29) is 11.7 Å². The van der Waals surface area contributed by atoms with Gasteiger partial charge in [0, 0.05) is 18.7 Å². The summed E-state index contributed by atoms with van der Waals surface area (Å²) in [6, 6.07) is 6.50. The van der Waals surface area contributed by atoms with Gasteiger partial charge in [-0.1, -0.05) is 0 Å². The van der Waals surface area contributed by atoms with Crippen molar-refractivity contribution in [2.24, 2.45) is 4.99 Å². The van der Waals surface area contributed by atoms with Crippen LogP contribution in [0, 0.1) is 0 Å².